The first-order valence-electron chi connectivity index (χ1n) is 10.1. The van der Waals surface area contributed by atoms with Gasteiger partial charge < -0.3 is 20.0 Å². The zero-order chi connectivity index (χ0) is 23.3. The summed E-state index contributed by atoms with van der Waals surface area (Å²) in [5.41, 5.74) is -0.183. The average molecular weight is 439 g/mol. The summed E-state index contributed by atoms with van der Waals surface area (Å²) < 4.78 is 19.1. The van der Waals surface area contributed by atoms with E-state index in [1.54, 1.807) is 20.8 Å². The van der Waals surface area contributed by atoms with Gasteiger partial charge in [0.15, 0.2) is 8.32 Å². The maximum atomic E-state index is 13.8. The lowest BCUT2D eigenvalue weighted by atomic mass is 9.88. The van der Waals surface area contributed by atoms with Crippen molar-refractivity contribution in [3.63, 3.8) is 0 Å². The molecule has 6 nitrogen and oxygen atoms in total. The van der Waals surface area contributed by atoms with Gasteiger partial charge in [0.05, 0.1) is 17.7 Å². The number of amides is 1. The summed E-state index contributed by atoms with van der Waals surface area (Å²) in [4.78, 5) is 22.7. The lowest BCUT2D eigenvalue weighted by Gasteiger charge is -2.38. The highest BCUT2D eigenvalue weighted by Crippen LogP contribution is 2.43. The SMILES string of the molecule is CC(C)(C)OC(=O)NC[C@@H](CC(O)c1cc(F)cc(C#N)c1)CC(C)(C)[Si](C)(C)O. The average Bonchev–Trinajstić information content (AvgIpc) is 2.56. The van der Waals surface area contributed by atoms with Gasteiger partial charge in [-0.1, -0.05) is 13.8 Å². The molecular formula is C22H35FN2O4Si. The molecule has 1 aromatic carbocycles. The van der Waals surface area contributed by atoms with Crippen LogP contribution in [0.1, 0.15) is 64.7 Å². The number of aliphatic hydroxyl groups is 1. The topological polar surface area (TPSA) is 103 Å². The van der Waals surface area contributed by atoms with E-state index in [-0.39, 0.29) is 29.5 Å². The van der Waals surface area contributed by atoms with Gasteiger partial charge in [0, 0.05) is 6.54 Å². The van der Waals surface area contributed by atoms with E-state index < -0.39 is 31.9 Å². The molecule has 1 aromatic rings. The number of aliphatic hydroxyl groups excluding tert-OH is 1. The molecule has 0 bridgehead atoms. The third-order valence-electron chi connectivity index (χ3n) is 5.38. The normalized spacial score (nSPS) is 14.6. The number of nitrogens with one attached hydrogen (secondary N) is 1. The highest BCUT2D eigenvalue weighted by Gasteiger charge is 2.40. The van der Waals surface area contributed by atoms with Crippen LogP contribution in [-0.2, 0) is 4.74 Å². The van der Waals surface area contributed by atoms with Gasteiger partial charge in [0.1, 0.15) is 11.4 Å². The van der Waals surface area contributed by atoms with Crippen molar-refractivity contribution in [2.75, 3.05) is 6.54 Å². The molecule has 0 spiro atoms. The summed E-state index contributed by atoms with van der Waals surface area (Å²) >= 11 is 0. The molecule has 0 aliphatic rings. The van der Waals surface area contributed by atoms with Gasteiger partial charge in [-0.05, 0) is 81.4 Å². The van der Waals surface area contributed by atoms with Crippen LogP contribution in [0, 0.1) is 23.1 Å². The van der Waals surface area contributed by atoms with E-state index in [4.69, 9.17) is 10.00 Å². The Labute approximate surface area is 180 Å². The Morgan fingerprint density at radius 1 is 1.27 bits per heavy atom. The summed E-state index contributed by atoms with van der Waals surface area (Å²) in [7, 11) is -2.52. The second-order valence-electron chi connectivity index (χ2n) is 10.0. The Bertz CT molecular complexity index is 779. The fourth-order valence-corrected chi connectivity index (χ4v) is 3.86. The van der Waals surface area contributed by atoms with Gasteiger partial charge >= 0.3 is 6.09 Å². The quantitative estimate of drug-likeness (QED) is 0.514. The molecule has 0 aliphatic carbocycles. The smallest absolute Gasteiger partial charge is 0.407 e. The first kappa shape index (κ1) is 26.1. The number of alkyl carbamates (subject to hydrolysis) is 1. The molecule has 1 unspecified atom stereocenters. The van der Waals surface area contributed by atoms with Crippen LogP contribution in [0.15, 0.2) is 18.2 Å². The number of carbonyl (C=O) groups excluding carboxylic acids is 1. The summed E-state index contributed by atoms with van der Waals surface area (Å²) in [6.45, 7) is 13.2. The number of benzene rings is 1. The van der Waals surface area contributed by atoms with Crippen LogP contribution >= 0.6 is 0 Å². The zero-order valence-corrected chi connectivity index (χ0v) is 20.0. The highest BCUT2D eigenvalue weighted by molar-refractivity contribution is 6.72. The molecule has 0 heterocycles. The number of hydrogen-bond donors (Lipinski definition) is 3. The largest absolute Gasteiger partial charge is 0.444 e. The third kappa shape index (κ3) is 8.42. The summed E-state index contributed by atoms with van der Waals surface area (Å²) in [6.07, 6.45) is -0.788. The van der Waals surface area contributed by atoms with Gasteiger partial charge in [-0.3, -0.25) is 0 Å². The molecule has 30 heavy (non-hydrogen) atoms. The zero-order valence-electron chi connectivity index (χ0n) is 19.0. The predicted molar refractivity (Wildman–Crippen MR) is 117 cm³/mol. The van der Waals surface area contributed by atoms with E-state index in [9.17, 15) is 19.1 Å². The van der Waals surface area contributed by atoms with Crippen molar-refractivity contribution in [2.24, 2.45) is 5.92 Å². The van der Waals surface area contributed by atoms with E-state index in [1.807, 2.05) is 33.0 Å². The fraction of sp³-hybridized carbons (Fsp3) is 0.636. The number of carbonyl (C=O) groups is 1. The predicted octanol–water partition coefficient (Wildman–Crippen LogP) is 4.63. The number of hydrogen-bond acceptors (Lipinski definition) is 5. The van der Waals surface area contributed by atoms with Crippen molar-refractivity contribution >= 4 is 14.4 Å². The molecule has 0 fully saturated rings. The van der Waals surface area contributed by atoms with Crippen molar-refractivity contribution in [1.82, 2.24) is 5.32 Å². The molecule has 0 radical (unpaired) electrons. The molecule has 1 amide bonds. The van der Waals surface area contributed by atoms with Crippen molar-refractivity contribution in [3.05, 3.63) is 35.1 Å². The van der Waals surface area contributed by atoms with Crippen LogP contribution in [0.4, 0.5) is 9.18 Å². The minimum atomic E-state index is -2.52. The molecule has 168 valence electrons. The Morgan fingerprint density at radius 3 is 2.37 bits per heavy atom. The molecule has 0 saturated heterocycles. The second-order valence-corrected chi connectivity index (χ2v) is 14.5. The number of ether oxygens (including phenoxy) is 1. The Hall–Kier alpha value is -1.95. The maximum absolute atomic E-state index is 13.8. The van der Waals surface area contributed by atoms with Crippen molar-refractivity contribution in [2.45, 2.75) is 77.3 Å². The monoisotopic (exact) mass is 438 g/mol. The van der Waals surface area contributed by atoms with Crippen molar-refractivity contribution < 1.29 is 23.8 Å². The fourth-order valence-electron chi connectivity index (χ4n) is 3.07. The van der Waals surface area contributed by atoms with E-state index in [2.05, 4.69) is 5.32 Å². The van der Waals surface area contributed by atoms with Crippen LogP contribution in [0.2, 0.25) is 18.1 Å². The van der Waals surface area contributed by atoms with E-state index >= 15 is 0 Å². The molecule has 3 N–H and O–H groups in total. The number of nitriles is 1. The Balaban J connectivity index is 3.01. The first-order chi connectivity index (χ1) is 13.5. The summed E-state index contributed by atoms with van der Waals surface area (Å²) in [5, 5.41) is 22.1. The standard InChI is InChI=1S/C22H35FN2O4Si/c1-21(2,3)29-20(27)25-14-16(12-22(4,5)30(6,7)28)10-19(26)17-8-15(13-24)9-18(23)11-17/h8-9,11,16,19,26,28H,10,12,14H2,1-7H3,(H,25,27)/t16-,19?/m0/s1. The Morgan fingerprint density at radius 2 is 1.87 bits per heavy atom. The number of halogens is 1. The maximum Gasteiger partial charge on any atom is 0.407 e. The lowest BCUT2D eigenvalue weighted by molar-refractivity contribution is 0.0505. The molecule has 2 atom stereocenters. The molecule has 8 heteroatoms. The minimum Gasteiger partial charge on any atom is -0.444 e. The lowest BCUT2D eigenvalue weighted by Crippen LogP contribution is -2.42. The minimum absolute atomic E-state index is 0.136. The molecule has 1 rings (SSSR count). The molecule has 0 aliphatic heterocycles. The highest BCUT2D eigenvalue weighted by atomic mass is 28.4. The van der Waals surface area contributed by atoms with Crippen LogP contribution < -0.4 is 5.32 Å². The first-order valence-corrected chi connectivity index (χ1v) is 13.1. The molecular weight excluding hydrogens is 403 g/mol. The van der Waals surface area contributed by atoms with Gasteiger partial charge in [0.25, 0.3) is 0 Å². The van der Waals surface area contributed by atoms with Crippen LogP contribution in [0.25, 0.3) is 0 Å². The van der Waals surface area contributed by atoms with E-state index in [0.717, 1.165) is 6.07 Å². The van der Waals surface area contributed by atoms with E-state index in [1.165, 1.54) is 12.1 Å². The Kier molecular flexibility index (Phi) is 8.61. The van der Waals surface area contributed by atoms with E-state index in [0.29, 0.717) is 12.0 Å². The second kappa shape index (κ2) is 9.90. The van der Waals surface area contributed by atoms with Gasteiger partial charge in [-0.25, -0.2) is 9.18 Å². The molecule has 0 aromatic heterocycles. The summed E-state index contributed by atoms with van der Waals surface area (Å²) in [5.74, 6) is -0.786. The number of rotatable bonds is 8. The summed E-state index contributed by atoms with van der Waals surface area (Å²) in [6, 6.07) is 5.66. The van der Waals surface area contributed by atoms with Crippen LogP contribution in [0.5, 0.6) is 0 Å². The van der Waals surface area contributed by atoms with Gasteiger partial charge in [-0.15, -0.1) is 0 Å². The van der Waals surface area contributed by atoms with Crippen molar-refractivity contribution in [1.29, 1.82) is 5.26 Å². The van der Waals surface area contributed by atoms with Gasteiger partial charge in [0.2, 0.25) is 0 Å². The van der Waals surface area contributed by atoms with Crippen LogP contribution in [0.3, 0.4) is 0 Å². The van der Waals surface area contributed by atoms with Crippen molar-refractivity contribution in [3.8, 4) is 6.07 Å². The number of nitrogens with zero attached hydrogens (tertiary/aromatic N) is 1. The van der Waals surface area contributed by atoms with Crippen LogP contribution in [-0.4, -0.2) is 36.5 Å². The third-order valence-corrected chi connectivity index (χ3v) is 8.90. The molecule has 0 saturated carbocycles. The van der Waals surface area contributed by atoms with Gasteiger partial charge in [-0.2, -0.15) is 5.26 Å².